The number of H-pyrrole nitrogens is 1. The second kappa shape index (κ2) is 9.27. The molecule has 0 atom stereocenters. The molecule has 0 saturated carbocycles. The van der Waals surface area contributed by atoms with Crippen molar-refractivity contribution in [3.05, 3.63) is 81.9 Å². The summed E-state index contributed by atoms with van der Waals surface area (Å²) in [6, 6.07) is 11.6. The van der Waals surface area contributed by atoms with Crippen LogP contribution in [0.3, 0.4) is 0 Å². The zero-order valence-corrected chi connectivity index (χ0v) is 17.6. The molecule has 0 radical (unpaired) electrons. The minimum absolute atomic E-state index is 0.00375. The van der Waals surface area contributed by atoms with Gasteiger partial charge in [0.25, 0.3) is 5.89 Å². The fourth-order valence-electron chi connectivity index (χ4n) is 2.79. The molecule has 13 heteroatoms. The van der Waals surface area contributed by atoms with Crippen LogP contribution in [0.2, 0.25) is 5.02 Å². The van der Waals surface area contributed by atoms with Gasteiger partial charge in [-0.2, -0.15) is 13.2 Å². The first-order chi connectivity index (χ1) is 16.2. The Bertz CT molecular complexity index is 1390. The van der Waals surface area contributed by atoms with Gasteiger partial charge in [0.1, 0.15) is 17.2 Å². The van der Waals surface area contributed by atoms with Crippen LogP contribution >= 0.6 is 11.6 Å². The lowest BCUT2D eigenvalue weighted by molar-refractivity contribution is -0.137. The fourth-order valence-corrected chi connectivity index (χ4v) is 3.01. The normalized spacial score (nSPS) is 11.2. The molecule has 0 bridgehead atoms. The highest BCUT2D eigenvalue weighted by molar-refractivity contribution is 6.31. The van der Waals surface area contributed by atoms with Crippen molar-refractivity contribution < 1.29 is 27.1 Å². The number of halogens is 4. The lowest BCUT2D eigenvalue weighted by Gasteiger charge is -2.12. The van der Waals surface area contributed by atoms with E-state index in [0.29, 0.717) is 17.2 Å². The molecular weight excluding hydrogens is 479 g/mol. The molecule has 0 saturated heterocycles. The SMILES string of the molecule is O=C(Nc1ccc(Oc2ccnc(-c3n[nH]c(=O)o3)c2)cc1)Nc1ccc(Cl)c(C(F)(F)F)c1. The van der Waals surface area contributed by atoms with Crippen LogP contribution in [0.15, 0.2) is 70.0 Å². The second-order valence-corrected chi connectivity index (χ2v) is 7.10. The number of anilines is 2. The Morgan fingerprint density at radius 1 is 1.00 bits per heavy atom. The number of rotatable bonds is 5. The standard InChI is InChI=1S/C21H13ClF3N5O4/c22-16-6-3-12(9-15(16)21(23,24)25)28-19(31)27-11-1-4-13(5-2-11)33-14-7-8-26-17(10-14)18-29-30-20(32)34-18/h1-10H,(H,30,32)(H2,27,28,31). The summed E-state index contributed by atoms with van der Waals surface area (Å²) < 4.78 is 49.5. The number of benzene rings is 2. The first-order valence-electron chi connectivity index (χ1n) is 9.42. The molecule has 0 aliphatic carbocycles. The topological polar surface area (TPSA) is 122 Å². The predicted molar refractivity (Wildman–Crippen MR) is 116 cm³/mol. The van der Waals surface area contributed by atoms with Crippen LogP contribution in [-0.2, 0) is 6.18 Å². The Morgan fingerprint density at radius 3 is 2.38 bits per heavy atom. The van der Waals surface area contributed by atoms with Gasteiger partial charge in [-0.1, -0.05) is 11.6 Å². The van der Waals surface area contributed by atoms with Crippen LogP contribution in [0.1, 0.15) is 5.56 Å². The predicted octanol–water partition coefficient (Wildman–Crippen LogP) is 5.53. The number of carbonyl (C=O) groups is 1. The van der Waals surface area contributed by atoms with Crippen molar-refractivity contribution in [3.63, 3.8) is 0 Å². The van der Waals surface area contributed by atoms with Crippen molar-refractivity contribution in [1.82, 2.24) is 15.2 Å². The van der Waals surface area contributed by atoms with Gasteiger partial charge in [-0.15, -0.1) is 5.10 Å². The number of hydrogen-bond donors (Lipinski definition) is 3. The average molecular weight is 492 g/mol. The third-order valence-electron chi connectivity index (χ3n) is 4.27. The second-order valence-electron chi connectivity index (χ2n) is 6.69. The molecule has 2 aromatic carbocycles. The summed E-state index contributed by atoms with van der Waals surface area (Å²) >= 11 is 5.58. The summed E-state index contributed by atoms with van der Waals surface area (Å²) in [5.41, 5.74) is -0.483. The third kappa shape index (κ3) is 5.53. The van der Waals surface area contributed by atoms with Crippen molar-refractivity contribution in [2.24, 2.45) is 0 Å². The Morgan fingerprint density at radius 2 is 1.71 bits per heavy atom. The van der Waals surface area contributed by atoms with Gasteiger partial charge in [0.15, 0.2) is 0 Å². The van der Waals surface area contributed by atoms with E-state index in [1.54, 1.807) is 18.2 Å². The highest BCUT2D eigenvalue weighted by atomic mass is 35.5. The van der Waals surface area contributed by atoms with E-state index in [-0.39, 0.29) is 17.3 Å². The molecular formula is C21H13ClF3N5O4. The van der Waals surface area contributed by atoms with Gasteiger partial charge in [-0.3, -0.25) is 4.98 Å². The molecule has 3 N–H and O–H groups in total. The molecule has 0 aliphatic heterocycles. The maximum Gasteiger partial charge on any atom is 0.434 e. The number of alkyl halides is 3. The quantitative estimate of drug-likeness (QED) is 0.337. The largest absolute Gasteiger partial charge is 0.457 e. The van der Waals surface area contributed by atoms with Gasteiger partial charge in [0.05, 0.1) is 10.6 Å². The molecule has 0 aliphatic rings. The summed E-state index contributed by atoms with van der Waals surface area (Å²) in [7, 11) is 0. The van der Waals surface area contributed by atoms with Crippen LogP contribution < -0.4 is 21.1 Å². The average Bonchev–Trinajstić information content (AvgIpc) is 3.22. The number of hydrogen-bond acceptors (Lipinski definition) is 6. The summed E-state index contributed by atoms with van der Waals surface area (Å²) in [5, 5.41) is 10.2. The number of nitrogens with one attached hydrogen (secondary N) is 3. The molecule has 2 aromatic heterocycles. The fraction of sp³-hybridized carbons (Fsp3) is 0.0476. The number of carbonyl (C=O) groups excluding carboxylic acids is 1. The number of pyridine rings is 1. The highest BCUT2D eigenvalue weighted by Gasteiger charge is 2.33. The molecule has 0 unspecified atom stereocenters. The first kappa shape index (κ1) is 22.9. The summed E-state index contributed by atoms with van der Waals surface area (Å²) in [6.45, 7) is 0. The smallest absolute Gasteiger partial charge is 0.434 e. The number of aromatic nitrogens is 3. The third-order valence-corrected chi connectivity index (χ3v) is 4.60. The van der Waals surface area contributed by atoms with Gasteiger partial charge in [-0.05, 0) is 48.5 Å². The molecule has 2 heterocycles. The number of nitrogens with zero attached hydrogens (tertiary/aromatic N) is 2. The first-order valence-corrected chi connectivity index (χ1v) is 9.80. The lowest BCUT2D eigenvalue weighted by Crippen LogP contribution is -2.19. The molecule has 4 aromatic rings. The molecule has 34 heavy (non-hydrogen) atoms. The number of aromatic amines is 1. The molecule has 4 rings (SSSR count). The van der Waals surface area contributed by atoms with Crippen molar-refractivity contribution >= 4 is 29.0 Å². The Kier molecular flexibility index (Phi) is 6.23. The molecule has 9 nitrogen and oxygen atoms in total. The van der Waals surface area contributed by atoms with E-state index in [4.69, 9.17) is 20.8 Å². The Labute approximate surface area is 193 Å². The van der Waals surface area contributed by atoms with Crippen LogP contribution in [0.25, 0.3) is 11.6 Å². The molecule has 0 spiro atoms. The van der Waals surface area contributed by atoms with Crippen molar-refractivity contribution in [1.29, 1.82) is 0 Å². The lowest BCUT2D eigenvalue weighted by atomic mass is 10.2. The highest BCUT2D eigenvalue weighted by Crippen LogP contribution is 2.36. The number of ether oxygens (including phenoxy) is 1. The Hall–Kier alpha value is -4.32. The maximum absolute atomic E-state index is 13.0. The van der Waals surface area contributed by atoms with Crippen LogP contribution in [0.4, 0.5) is 29.3 Å². The van der Waals surface area contributed by atoms with Crippen molar-refractivity contribution in [2.45, 2.75) is 6.18 Å². The van der Waals surface area contributed by atoms with E-state index in [0.717, 1.165) is 12.1 Å². The zero-order valence-electron chi connectivity index (χ0n) is 16.8. The van der Waals surface area contributed by atoms with Crippen LogP contribution in [-0.4, -0.2) is 21.2 Å². The molecule has 2 amide bonds. The van der Waals surface area contributed by atoms with Crippen LogP contribution in [0.5, 0.6) is 11.5 Å². The van der Waals surface area contributed by atoms with Gasteiger partial charge < -0.3 is 19.8 Å². The Balaban J connectivity index is 1.39. The molecule has 0 fully saturated rings. The van der Waals surface area contributed by atoms with Gasteiger partial charge in [-0.25, -0.2) is 14.7 Å². The molecule has 174 valence electrons. The van der Waals surface area contributed by atoms with Crippen molar-refractivity contribution in [2.75, 3.05) is 10.6 Å². The minimum Gasteiger partial charge on any atom is -0.457 e. The van der Waals surface area contributed by atoms with Crippen LogP contribution in [0, 0.1) is 0 Å². The zero-order chi connectivity index (χ0) is 24.3. The van der Waals surface area contributed by atoms with Gasteiger partial charge in [0, 0.05) is 23.6 Å². The summed E-state index contributed by atoms with van der Waals surface area (Å²) in [5.74, 6) is 0.0903. The van der Waals surface area contributed by atoms with E-state index in [1.807, 2.05) is 0 Å². The van der Waals surface area contributed by atoms with E-state index in [2.05, 4.69) is 25.8 Å². The monoisotopic (exact) mass is 491 g/mol. The number of urea groups is 1. The maximum atomic E-state index is 13.0. The van der Waals surface area contributed by atoms with Gasteiger partial charge >= 0.3 is 18.0 Å². The summed E-state index contributed by atoms with van der Waals surface area (Å²) in [4.78, 5) is 27.3. The number of amides is 2. The van der Waals surface area contributed by atoms with E-state index >= 15 is 0 Å². The van der Waals surface area contributed by atoms with E-state index < -0.39 is 28.5 Å². The summed E-state index contributed by atoms with van der Waals surface area (Å²) in [6.07, 6.45) is -3.21. The minimum atomic E-state index is -4.65. The van der Waals surface area contributed by atoms with E-state index in [1.165, 1.54) is 30.5 Å². The van der Waals surface area contributed by atoms with E-state index in [9.17, 15) is 22.8 Å². The van der Waals surface area contributed by atoms with Crippen molar-refractivity contribution in [3.8, 4) is 23.1 Å². The van der Waals surface area contributed by atoms with Gasteiger partial charge in [0.2, 0.25) is 0 Å².